The first-order valence-corrected chi connectivity index (χ1v) is 9.06. The monoisotopic (exact) mass is 347 g/mol. The third kappa shape index (κ3) is 4.17. The quantitative estimate of drug-likeness (QED) is 0.595. The number of hydrogen-bond donors (Lipinski definition) is 0. The van der Waals surface area contributed by atoms with E-state index in [4.69, 9.17) is 0 Å². The highest BCUT2D eigenvalue weighted by Crippen LogP contribution is 2.24. The van der Waals surface area contributed by atoms with Gasteiger partial charge in [-0.3, -0.25) is 14.2 Å². The molecule has 0 saturated carbocycles. The number of rotatable bonds is 6. The van der Waals surface area contributed by atoms with Gasteiger partial charge in [0.1, 0.15) is 0 Å². The van der Waals surface area contributed by atoms with Crippen LogP contribution >= 0.6 is 11.8 Å². The first-order chi connectivity index (χ1) is 11.3. The van der Waals surface area contributed by atoms with Gasteiger partial charge in [0.2, 0.25) is 5.91 Å². The Morgan fingerprint density at radius 2 is 1.92 bits per heavy atom. The van der Waals surface area contributed by atoms with E-state index in [1.807, 2.05) is 25.1 Å². The molecule has 0 bridgehead atoms. The summed E-state index contributed by atoms with van der Waals surface area (Å²) in [5.41, 5.74) is 0.642. The first-order valence-electron chi connectivity index (χ1n) is 8.18. The zero-order chi connectivity index (χ0) is 17.9. The van der Waals surface area contributed by atoms with Gasteiger partial charge in [-0.05, 0) is 31.4 Å². The lowest BCUT2D eigenvalue weighted by atomic mass is 10.1. The molecule has 2 rings (SSSR count). The van der Waals surface area contributed by atoms with Gasteiger partial charge >= 0.3 is 0 Å². The molecule has 0 radical (unpaired) electrons. The third-order valence-corrected chi connectivity index (χ3v) is 4.91. The smallest absolute Gasteiger partial charge is 0.262 e. The van der Waals surface area contributed by atoms with Crippen molar-refractivity contribution in [1.82, 2.24) is 14.5 Å². The van der Waals surface area contributed by atoms with Crippen molar-refractivity contribution in [2.24, 2.45) is 5.92 Å². The average molecular weight is 347 g/mol. The summed E-state index contributed by atoms with van der Waals surface area (Å²) in [7, 11) is 3.47. The van der Waals surface area contributed by atoms with Crippen LogP contribution in [0.5, 0.6) is 0 Å². The second-order valence-electron chi connectivity index (χ2n) is 6.54. The fourth-order valence-corrected chi connectivity index (χ4v) is 3.47. The van der Waals surface area contributed by atoms with Gasteiger partial charge in [-0.25, -0.2) is 4.98 Å². The van der Waals surface area contributed by atoms with Crippen LogP contribution in [0, 0.1) is 5.92 Å². The summed E-state index contributed by atoms with van der Waals surface area (Å²) in [6.07, 6.45) is 0.892. The molecule has 1 unspecified atom stereocenters. The number of fused-ring (bicyclic) bond motifs is 1. The van der Waals surface area contributed by atoms with E-state index in [0.717, 1.165) is 6.42 Å². The molecule has 24 heavy (non-hydrogen) atoms. The van der Waals surface area contributed by atoms with Crippen molar-refractivity contribution < 1.29 is 4.79 Å². The van der Waals surface area contributed by atoms with Crippen molar-refractivity contribution >= 4 is 28.6 Å². The Kier molecular flexibility index (Phi) is 6.04. The van der Waals surface area contributed by atoms with Gasteiger partial charge in [-0.15, -0.1) is 0 Å². The molecular formula is C18H25N3O2S. The summed E-state index contributed by atoms with van der Waals surface area (Å²) in [6.45, 7) is 6.72. The van der Waals surface area contributed by atoms with E-state index in [9.17, 15) is 9.59 Å². The van der Waals surface area contributed by atoms with Gasteiger partial charge in [0.05, 0.1) is 16.2 Å². The Morgan fingerprint density at radius 1 is 1.25 bits per heavy atom. The highest BCUT2D eigenvalue weighted by Gasteiger charge is 2.20. The van der Waals surface area contributed by atoms with Crippen LogP contribution in [0.1, 0.15) is 27.2 Å². The Balaban J connectivity index is 2.47. The van der Waals surface area contributed by atoms with Crippen LogP contribution in [0.25, 0.3) is 10.9 Å². The maximum absolute atomic E-state index is 12.9. The topological polar surface area (TPSA) is 55.2 Å². The van der Waals surface area contributed by atoms with E-state index in [-0.39, 0.29) is 16.7 Å². The van der Waals surface area contributed by atoms with Crippen LogP contribution in [-0.2, 0) is 11.3 Å². The van der Waals surface area contributed by atoms with Crippen molar-refractivity contribution in [1.29, 1.82) is 0 Å². The molecule has 0 N–H and O–H groups in total. The number of hydrogen-bond acceptors (Lipinski definition) is 4. The predicted octanol–water partition coefficient (Wildman–Crippen LogP) is 3.01. The zero-order valence-electron chi connectivity index (χ0n) is 14.9. The Bertz CT molecular complexity index is 783. The lowest BCUT2D eigenvalue weighted by molar-refractivity contribution is -0.127. The Morgan fingerprint density at radius 3 is 2.54 bits per heavy atom. The summed E-state index contributed by atoms with van der Waals surface area (Å²) >= 11 is 1.35. The van der Waals surface area contributed by atoms with Gasteiger partial charge in [0, 0.05) is 20.6 Å². The summed E-state index contributed by atoms with van der Waals surface area (Å²) in [5.74, 6) is 0.500. The minimum Gasteiger partial charge on any atom is -0.348 e. The van der Waals surface area contributed by atoms with Crippen molar-refractivity contribution in [2.75, 3.05) is 14.1 Å². The molecule has 1 amide bonds. The molecule has 2 aromatic rings. The van der Waals surface area contributed by atoms with Crippen LogP contribution in [0.3, 0.4) is 0 Å². The summed E-state index contributed by atoms with van der Waals surface area (Å²) in [6, 6.07) is 7.37. The second-order valence-corrected chi connectivity index (χ2v) is 7.85. The molecule has 0 aliphatic carbocycles. The number of carbonyl (C=O) groups excluding carboxylic acids is 1. The molecule has 1 atom stereocenters. The van der Waals surface area contributed by atoms with E-state index in [1.165, 1.54) is 11.8 Å². The van der Waals surface area contributed by atoms with Crippen LogP contribution in [0.4, 0.5) is 0 Å². The van der Waals surface area contributed by atoms with Crippen molar-refractivity contribution in [3.63, 3.8) is 0 Å². The Labute approximate surface area is 147 Å². The SMILES string of the molecule is CC(C)CCn1c(SC(C)C(=O)N(C)C)nc2ccccc2c1=O. The summed E-state index contributed by atoms with van der Waals surface area (Å²) in [4.78, 5) is 31.2. The van der Waals surface area contributed by atoms with Gasteiger partial charge in [0.15, 0.2) is 5.16 Å². The average Bonchev–Trinajstić information content (AvgIpc) is 2.53. The number of aromatic nitrogens is 2. The van der Waals surface area contributed by atoms with E-state index in [0.29, 0.717) is 28.5 Å². The maximum Gasteiger partial charge on any atom is 0.262 e. The number of para-hydroxylation sites is 1. The fourth-order valence-electron chi connectivity index (χ4n) is 2.39. The van der Waals surface area contributed by atoms with E-state index >= 15 is 0 Å². The molecule has 130 valence electrons. The molecule has 0 spiro atoms. The van der Waals surface area contributed by atoms with Gasteiger partial charge < -0.3 is 4.90 Å². The van der Waals surface area contributed by atoms with Crippen molar-refractivity contribution in [3.05, 3.63) is 34.6 Å². The molecule has 1 heterocycles. The van der Waals surface area contributed by atoms with E-state index < -0.39 is 0 Å². The first kappa shape index (κ1) is 18.5. The Hall–Kier alpha value is -1.82. The number of thioether (sulfide) groups is 1. The highest BCUT2D eigenvalue weighted by atomic mass is 32.2. The van der Waals surface area contributed by atoms with Crippen LogP contribution in [0.15, 0.2) is 34.2 Å². The molecule has 5 nitrogen and oxygen atoms in total. The van der Waals surface area contributed by atoms with Crippen molar-refractivity contribution in [2.45, 2.75) is 44.1 Å². The molecular weight excluding hydrogens is 322 g/mol. The number of benzene rings is 1. The van der Waals surface area contributed by atoms with Gasteiger partial charge in [0.25, 0.3) is 5.56 Å². The molecule has 0 aliphatic heterocycles. The molecule has 6 heteroatoms. The minimum atomic E-state index is -0.293. The minimum absolute atomic E-state index is 0.0119. The largest absolute Gasteiger partial charge is 0.348 e. The van der Waals surface area contributed by atoms with E-state index in [1.54, 1.807) is 29.6 Å². The summed E-state index contributed by atoms with van der Waals surface area (Å²) < 4.78 is 1.71. The number of carbonyl (C=O) groups is 1. The summed E-state index contributed by atoms with van der Waals surface area (Å²) in [5, 5.41) is 0.942. The number of nitrogens with zero attached hydrogens (tertiary/aromatic N) is 3. The molecule has 0 fully saturated rings. The van der Waals surface area contributed by atoms with Crippen LogP contribution in [-0.4, -0.2) is 39.7 Å². The van der Waals surface area contributed by atoms with Crippen molar-refractivity contribution in [3.8, 4) is 0 Å². The number of amides is 1. The standard InChI is InChI=1S/C18H25N3O2S/c1-12(2)10-11-21-17(23)14-8-6-7-9-15(14)19-18(21)24-13(3)16(22)20(4)5/h6-9,12-13H,10-11H2,1-5H3. The van der Waals surface area contributed by atoms with Crippen LogP contribution in [0.2, 0.25) is 0 Å². The molecule has 0 saturated heterocycles. The van der Waals surface area contributed by atoms with Gasteiger partial charge in [-0.1, -0.05) is 37.7 Å². The third-order valence-electron chi connectivity index (χ3n) is 3.83. The lowest BCUT2D eigenvalue weighted by Crippen LogP contribution is -2.31. The molecule has 0 aliphatic rings. The van der Waals surface area contributed by atoms with E-state index in [2.05, 4.69) is 18.8 Å². The fraction of sp³-hybridized carbons (Fsp3) is 0.500. The van der Waals surface area contributed by atoms with Crippen LogP contribution < -0.4 is 5.56 Å². The maximum atomic E-state index is 12.9. The second kappa shape index (κ2) is 7.83. The zero-order valence-corrected chi connectivity index (χ0v) is 15.8. The molecule has 1 aromatic carbocycles. The highest BCUT2D eigenvalue weighted by molar-refractivity contribution is 8.00. The normalized spacial score (nSPS) is 12.6. The predicted molar refractivity (Wildman–Crippen MR) is 99.5 cm³/mol. The lowest BCUT2D eigenvalue weighted by Gasteiger charge is -2.19. The van der Waals surface area contributed by atoms with Gasteiger partial charge in [-0.2, -0.15) is 0 Å². The molecule has 1 aromatic heterocycles.